The van der Waals surface area contributed by atoms with E-state index in [1.54, 1.807) is 0 Å². The molecule has 0 bridgehead atoms. The van der Waals surface area contributed by atoms with Crippen LogP contribution in [0.25, 0.3) is 0 Å². The van der Waals surface area contributed by atoms with Crippen LogP contribution in [0.1, 0.15) is 61.0 Å². The third kappa shape index (κ3) is 4.30. The molecule has 2 aromatic rings. The Morgan fingerprint density at radius 1 is 0.767 bits per heavy atom. The molecule has 0 saturated heterocycles. The van der Waals surface area contributed by atoms with Crippen LogP contribution in [0.5, 0.6) is 0 Å². The van der Waals surface area contributed by atoms with Crippen LogP contribution in [-0.4, -0.2) is 17.8 Å². The van der Waals surface area contributed by atoms with E-state index < -0.39 is 0 Å². The van der Waals surface area contributed by atoms with Crippen molar-refractivity contribution < 1.29 is 14.4 Å². The molecule has 0 fully saturated rings. The lowest BCUT2D eigenvalue weighted by atomic mass is 9.97. The predicted octanol–water partition coefficient (Wildman–Crippen LogP) is 3.58. The zero-order valence-corrected chi connectivity index (χ0v) is 17.2. The summed E-state index contributed by atoms with van der Waals surface area (Å²) in [5.74, 6) is 0.0821. The van der Waals surface area contributed by atoms with E-state index in [4.69, 9.17) is 0 Å². The molecule has 0 radical (unpaired) electrons. The highest BCUT2D eigenvalue weighted by Gasteiger charge is 2.19. The number of benzene rings is 2. The summed E-state index contributed by atoms with van der Waals surface area (Å²) in [7, 11) is 0. The molecule has 2 heterocycles. The van der Waals surface area contributed by atoms with Gasteiger partial charge in [0.1, 0.15) is 0 Å². The molecule has 4 amide bonds. The average Bonchev–Trinajstić information content (AvgIpc) is 2.72. The summed E-state index contributed by atoms with van der Waals surface area (Å²) in [6, 6.07) is 11.2. The van der Waals surface area contributed by atoms with Crippen LogP contribution in [-0.2, 0) is 22.4 Å². The number of hydrogen-bond donors (Lipinski definition) is 4. The lowest BCUT2D eigenvalue weighted by Gasteiger charge is -2.23. The van der Waals surface area contributed by atoms with Crippen LogP contribution in [0.2, 0.25) is 0 Å². The monoisotopic (exact) mass is 406 g/mol. The van der Waals surface area contributed by atoms with E-state index in [1.807, 2.05) is 50.2 Å². The molecule has 0 spiro atoms. The summed E-state index contributed by atoms with van der Waals surface area (Å²) in [5.41, 5.74) is 5.88. The zero-order valence-electron chi connectivity index (χ0n) is 17.2. The number of carbonyl (C=O) groups is 3. The van der Waals surface area contributed by atoms with E-state index in [-0.39, 0.29) is 29.9 Å². The van der Waals surface area contributed by atoms with E-state index in [9.17, 15) is 14.4 Å². The van der Waals surface area contributed by atoms with Gasteiger partial charge in [-0.3, -0.25) is 9.59 Å². The molecule has 30 heavy (non-hydrogen) atoms. The van der Waals surface area contributed by atoms with Crippen LogP contribution in [0.4, 0.5) is 16.2 Å². The highest BCUT2D eigenvalue weighted by atomic mass is 16.2. The molecule has 2 aromatic carbocycles. The second-order valence-electron chi connectivity index (χ2n) is 7.99. The van der Waals surface area contributed by atoms with E-state index >= 15 is 0 Å². The lowest BCUT2D eigenvalue weighted by Crippen LogP contribution is -2.38. The van der Waals surface area contributed by atoms with E-state index in [0.717, 1.165) is 33.6 Å². The van der Waals surface area contributed by atoms with Crippen molar-refractivity contribution in [3.05, 3.63) is 58.7 Å². The maximum Gasteiger partial charge on any atom is 0.315 e. The molecule has 4 rings (SSSR count). The standard InChI is InChI=1S/C23H26N4O3/c1-13(15-3-7-19-17(11-15)5-9-21(28)26-19)24-23(30)25-14(2)16-4-8-20-18(12-16)6-10-22(29)27-20/h3-4,7-8,11-14H,5-6,9-10H2,1-2H3,(H,26,28)(H,27,29)(H2,24,25,30)/t13-,14+. The minimum Gasteiger partial charge on any atom is -0.332 e. The number of urea groups is 1. The highest BCUT2D eigenvalue weighted by molar-refractivity contribution is 5.94. The quantitative estimate of drug-likeness (QED) is 0.624. The smallest absolute Gasteiger partial charge is 0.315 e. The minimum atomic E-state index is -0.243. The van der Waals surface area contributed by atoms with Crippen molar-refractivity contribution in [2.45, 2.75) is 51.6 Å². The summed E-state index contributed by atoms with van der Waals surface area (Å²) >= 11 is 0. The molecule has 7 heteroatoms. The average molecular weight is 406 g/mol. The van der Waals surface area contributed by atoms with Gasteiger partial charge in [0.2, 0.25) is 11.8 Å². The van der Waals surface area contributed by atoms with Crippen molar-refractivity contribution in [1.82, 2.24) is 10.6 Å². The normalized spacial score (nSPS) is 17.0. The van der Waals surface area contributed by atoms with Gasteiger partial charge in [-0.15, -0.1) is 0 Å². The Kier molecular flexibility index (Phi) is 5.44. The van der Waals surface area contributed by atoms with Gasteiger partial charge in [-0.25, -0.2) is 4.79 Å². The van der Waals surface area contributed by atoms with E-state index in [2.05, 4.69) is 21.3 Å². The fourth-order valence-corrected chi connectivity index (χ4v) is 3.95. The summed E-state index contributed by atoms with van der Waals surface area (Å²) in [6.07, 6.45) is 2.40. The highest BCUT2D eigenvalue weighted by Crippen LogP contribution is 2.27. The van der Waals surface area contributed by atoms with Gasteiger partial charge in [0.15, 0.2) is 0 Å². The third-order valence-electron chi connectivity index (χ3n) is 5.74. The maximum atomic E-state index is 12.5. The number of amides is 4. The maximum absolute atomic E-state index is 12.5. The molecule has 2 atom stereocenters. The largest absolute Gasteiger partial charge is 0.332 e. The van der Waals surface area contributed by atoms with Gasteiger partial charge in [0.05, 0.1) is 12.1 Å². The Labute approximate surface area is 175 Å². The number of nitrogens with one attached hydrogen (secondary N) is 4. The fraction of sp³-hybridized carbons (Fsp3) is 0.348. The minimum absolute atomic E-state index is 0.0411. The van der Waals surface area contributed by atoms with Gasteiger partial charge < -0.3 is 21.3 Å². The molecule has 0 aliphatic carbocycles. The van der Waals surface area contributed by atoms with Crippen molar-refractivity contribution in [2.75, 3.05) is 10.6 Å². The SMILES string of the molecule is C[C@H](NC(=O)N[C@H](C)c1ccc2c(c1)CCC(=O)N2)c1ccc2c(c1)CCC(=O)N2. The van der Waals surface area contributed by atoms with Crippen LogP contribution >= 0.6 is 0 Å². The molecule has 2 aliphatic heterocycles. The lowest BCUT2D eigenvalue weighted by molar-refractivity contribution is -0.117. The van der Waals surface area contributed by atoms with Gasteiger partial charge in [0.25, 0.3) is 0 Å². The third-order valence-corrected chi connectivity index (χ3v) is 5.74. The molecule has 7 nitrogen and oxygen atoms in total. The predicted molar refractivity (Wildman–Crippen MR) is 115 cm³/mol. The number of carbonyl (C=O) groups excluding carboxylic acids is 3. The number of fused-ring (bicyclic) bond motifs is 2. The summed E-state index contributed by atoms with van der Waals surface area (Å²) in [5, 5.41) is 11.7. The number of rotatable bonds is 4. The number of hydrogen-bond acceptors (Lipinski definition) is 3. The van der Waals surface area contributed by atoms with Gasteiger partial charge in [-0.05, 0) is 61.1 Å². The Hall–Kier alpha value is -3.35. The first kappa shape index (κ1) is 19.9. The topological polar surface area (TPSA) is 99.3 Å². The molecule has 2 aliphatic rings. The first-order chi connectivity index (χ1) is 14.4. The number of aryl methyl sites for hydroxylation is 2. The second kappa shape index (κ2) is 8.18. The first-order valence-electron chi connectivity index (χ1n) is 10.3. The summed E-state index contributed by atoms with van der Waals surface area (Å²) < 4.78 is 0. The Bertz CT molecular complexity index is 938. The van der Waals surface area contributed by atoms with Crippen molar-refractivity contribution in [1.29, 1.82) is 0 Å². The molecule has 4 N–H and O–H groups in total. The van der Waals surface area contributed by atoms with Crippen molar-refractivity contribution in [3.8, 4) is 0 Å². The molecular formula is C23H26N4O3. The molecule has 0 aromatic heterocycles. The van der Waals surface area contributed by atoms with Crippen LogP contribution in [0, 0.1) is 0 Å². The molecule has 0 unspecified atom stereocenters. The van der Waals surface area contributed by atoms with Gasteiger partial charge in [0, 0.05) is 24.2 Å². The van der Waals surface area contributed by atoms with Gasteiger partial charge in [-0.1, -0.05) is 24.3 Å². The van der Waals surface area contributed by atoms with Crippen LogP contribution in [0.15, 0.2) is 36.4 Å². The Balaban J connectivity index is 1.37. The summed E-state index contributed by atoms with van der Waals surface area (Å²) in [4.78, 5) is 35.6. The van der Waals surface area contributed by atoms with Crippen molar-refractivity contribution in [2.24, 2.45) is 0 Å². The molecule has 0 saturated carbocycles. The van der Waals surface area contributed by atoms with Crippen LogP contribution in [0.3, 0.4) is 0 Å². The van der Waals surface area contributed by atoms with Gasteiger partial charge in [-0.2, -0.15) is 0 Å². The second-order valence-corrected chi connectivity index (χ2v) is 7.99. The van der Waals surface area contributed by atoms with Crippen molar-refractivity contribution in [3.63, 3.8) is 0 Å². The molecular weight excluding hydrogens is 380 g/mol. The first-order valence-corrected chi connectivity index (χ1v) is 10.3. The fourth-order valence-electron chi connectivity index (χ4n) is 3.95. The van der Waals surface area contributed by atoms with E-state index in [0.29, 0.717) is 25.7 Å². The molecule has 156 valence electrons. The van der Waals surface area contributed by atoms with Crippen molar-refractivity contribution >= 4 is 29.2 Å². The zero-order chi connectivity index (χ0) is 21.3. The van der Waals surface area contributed by atoms with Crippen LogP contribution < -0.4 is 21.3 Å². The Morgan fingerprint density at radius 2 is 1.20 bits per heavy atom. The Morgan fingerprint density at radius 3 is 1.63 bits per heavy atom. The number of anilines is 2. The van der Waals surface area contributed by atoms with E-state index in [1.165, 1.54) is 0 Å². The van der Waals surface area contributed by atoms with Gasteiger partial charge >= 0.3 is 6.03 Å². The summed E-state index contributed by atoms with van der Waals surface area (Å²) in [6.45, 7) is 3.88.